The molecule has 0 bridgehead atoms. The molecular formula is C21H24N4O2. The Bertz CT molecular complexity index is 856. The molecule has 0 spiro atoms. The normalized spacial score (nSPS) is 14.7. The molecule has 6 heteroatoms. The van der Waals surface area contributed by atoms with Crippen LogP contribution >= 0.6 is 0 Å². The number of likely N-dealkylation sites (tertiary alicyclic amines) is 1. The van der Waals surface area contributed by atoms with Crippen LogP contribution in [0.5, 0.6) is 0 Å². The zero-order valence-corrected chi connectivity index (χ0v) is 15.7. The second-order valence-electron chi connectivity index (χ2n) is 6.88. The Hall–Kier alpha value is -3.02. The fourth-order valence-corrected chi connectivity index (χ4v) is 3.32. The molecule has 2 aromatic rings. The molecule has 140 valence electrons. The summed E-state index contributed by atoms with van der Waals surface area (Å²) in [4.78, 5) is 35.5. The maximum Gasteiger partial charge on any atom is 0.259 e. The maximum atomic E-state index is 12.8. The predicted molar refractivity (Wildman–Crippen MR) is 105 cm³/mol. The fourth-order valence-electron chi connectivity index (χ4n) is 3.32. The van der Waals surface area contributed by atoms with E-state index in [0.717, 1.165) is 24.2 Å². The van der Waals surface area contributed by atoms with Gasteiger partial charge in [0.2, 0.25) is 5.91 Å². The largest absolute Gasteiger partial charge is 0.339 e. The average molecular weight is 364 g/mol. The Labute approximate surface area is 159 Å². The minimum absolute atomic E-state index is 0.00522. The molecule has 1 aromatic carbocycles. The molecule has 2 amide bonds. The van der Waals surface area contributed by atoms with Crippen molar-refractivity contribution < 1.29 is 9.59 Å². The summed E-state index contributed by atoms with van der Waals surface area (Å²) in [6.07, 6.45) is 3.13. The van der Waals surface area contributed by atoms with Crippen LogP contribution in [-0.2, 0) is 4.79 Å². The quantitative estimate of drug-likeness (QED) is 0.845. The third kappa shape index (κ3) is 4.39. The van der Waals surface area contributed by atoms with Crippen LogP contribution in [0, 0.1) is 6.92 Å². The van der Waals surface area contributed by atoms with Crippen molar-refractivity contribution in [3.05, 3.63) is 65.8 Å². The van der Waals surface area contributed by atoms with Crippen molar-refractivity contribution in [3.8, 4) is 0 Å². The summed E-state index contributed by atoms with van der Waals surface area (Å²) in [6, 6.07) is 9.33. The Balaban J connectivity index is 1.78. The smallest absolute Gasteiger partial charge is 0.259 e. The van der Waals surface area contributed by atoms with Gasteiger partial charge in [0.15, 0.2) is 0 Å². The summed E-state index contributed by atoms with van der Waals surface area (Å²) in [5.74, 6) is 0.546. The summed E-state index contributed by atoms with van der Waals surface area (Å²) in [6.45, 7) is 8.56. The lowest BCUT2D eigenvalue weighted by Crippen LogP contribution is -2.38. The minimum Gasteiger partial charge on any atom is -0.339 e. The van der Waals surface area contributed by atoms with Crippen LogP contribution in [0.15, 0.2) is 48.7 Å². The molecule has 27 heavy (non-hydrogen) atoms. The van der Waals surface area contributed by atoms with E-state index >= 15 is 0 Å². The molecule has 0 radical (unpaired) electrons. The van der Waals surface area contributed by atoms with Crippen LogP contribution in [0.2, 0.25) is 0 Å². The first-order valence-corrected chi connectivity index (χ1v) is 9.10. The van der Waals surface area contributed by atoms with Gasteiger partial charge in [0.25, 0.3) is 5.91 Å². The van der Waals surface area contributed by atoms with E-state index < -0.39 is 0 Å². The zero-order valence-electron chi connectivity index (χ0n) is 15.7. The van der Waals surface area contributed by atoms with Gasteiger partial charge < -0.3 is 10.2 Å². The van der Waals surface area contributed by atoms with Gasteiger partial charge >= 0.3 is 0 Å². The Kier molecular flexibility index (Phi) is 5.64. The number of piperidine rings is 1. The lowest BCUT2D eigenvalue weighted by atomic mass is 9.90. The lowest BCUT2D eigenvalue weighted by Gasteiger charge is -2.32. The summed E-state index contributed by atoms with van der Waals surface area (Å²) >= 11 is 0. The van der Waals surface area contributed by atoms with E-state index in [1.54, 1.807) is 13.1 Å². The first-order valence-electron chi connectivity index (χ1n) is 9.10. The average Bonchev–Trinajstić information content (AvgIpc) is 2.68. The number of nitrogens with one attached hydrogen (secondary N) is 1. The number of nitrogens with zero attached hydrogens (tertiary/aromatic N) is 3. The Morgan fingerprint density at radius 3 is 2.48 bits per heavy atom. The second kappa shape index (κ2) is 8.12. The maximum absolute atomic E-state index is 12.8. The summed E-state index contributed by atoms with van der Waals surface area (Å²) in [5.41, 5.74) is 2.54. The highest BCUT2D eigenvalue weighted by molar-refractivity contribution is 6.05. The number of anilines is 1. The van der Waals surface area contributed by atoms with E-state index in [1.807, 2.05) is 42.2 Å². The van der Waals surface area contributed by atoms with E-state index in [2.05, 4.69) is 21.9 Å². The van der Waals surface area contributed by atoms with E-state index in [-0.39, 0.29) is 17.7 Å². The van der Waals surface area contributed by atoms with Crippen LogP contribution in [0.4, 0.5) is 5.69 Å². The van der Waals surface area contributed by atoms with Gasteiger partial charge in [-0.1, -0.05) is 24.8 Å². The van der Waals surface area contributed by atoms with Gasteiger partial charge in [-0.05, 0) is 38.8 Å². The molecule has 2 heterocycles. The summed E-state index contributed by atoms with van der Waals surface area (Å²) in [7, 11) is 0. The van der Waals surface area contributed by atoms with Crippen molar-refractivity contribution in [1.29, 1.82) is 0 Å². The standard InChI is InChI=1S/C21H24N4O2/c1-14(2)21(27)25-11-9-16(10-12-25)19-18(13-22-15(3)23-19)20(26)24-17-7-5-4-6-8-17/h4-8,13,16H,1,9-12H2,2-3H3,(H,24,26). The number of carbonyl (C=O) groups excluding carboxylic acids is 2. The van der Waals surface area contributed by atoms with Crippen molar-refractivity contribution in [2.75, 3.05) is 18.4 Å². The lowest BCUT2D eigenvalue weighted by molar-refractivity contribution is -0.128. The SMILES string of the molecule is C=C(C)C(=O)N1CCC(c2nc(C)ncc2C(=O)Nc2ccccc2)CC1. The third-order valence-electron chi connectivity index (χ3n) is 4.75. The number of hydrogen-bond donors (Lipinski definition) is 1. The number of para-hydroxylation sites is 1. The monoisotopic (exact) mass is 364 g/mol. The molecule has 0 atom stereocenters. The van der Waals surface area contributed by atoms with E-state index in [1.165, 1.54) is 0 Å². The fraction of sp³-hybridized carbons (Fsp3) is 0.333. The molecule has 0 aliphatic carbocycles. The zero-order chi connectivity index (χ0) is 19.4. The van der Waals surface area contributed by atoms with Crippen LogP contribution in [0.3, 0.4) is 0 Å². The molecule has 1 fully saturated rings. The van der Waals surface area contributed by atoms with Crippen molar-refractivity contribution in [2.24, 2.45) is 0 Å². The van der Waals surface area contributed by atoms with Crippen molar-refractivity contribution in [1.82, 2.24) is 14.9 Å². The number of hydrogen-bond acceptors (Lipinski definition) is 4. The van der Waals surface area contributed by atoms with Crippen molar-refractivity contribution >= 4 is 17.5 Å². The molecule has 3 rings (SSSR count). The molecular weight excluding hydrogens is 340 g/mol. The van der Waals surface area contributed by atoms with Crippen molar-refractivity contribution in [2.45, 2.75) is 32.6 Å². The highest BCUT2D eigenvalue weighted by Gasteiger charge is 2.28. The third-order valence-corrected chi connectivity index (χ3v) is 4.75. The van der Waals surface area contributed by atoms with Crippen LogP contribution < -0.4 is 5.32 Å². The first kappa shape index (κ1) is 18.8. The van der Waals surface area contributed by atoms with E-state index in [4.69, 9.17) is 0 Å². The molecule has 6 nitrogen and oxygen atoms in total. The molecule has 1 aliphatic heterocycles. The van der Waals surface area contributed by atoms with Gasteiger partial charge in [0.05, 0.1) is 11.3 Å². The summed E-state index contributed by atoms with van der Waals surface area (Å²) in [5, 5.41) is 2.90. The Morgan fingerprint density at radius 2 is 1.85 bits per heavy atom. The molecule has 1 aliphatic rings. The number of rotatable bonds is 4. The van der Waals surface area contributed by atoms with Gasteiger partial charge in [-0.3, -0.25) is 9.59 Å². The number of aryl methyl sites for hydroxylation is 1. The minimum atomic E-state index is -0.211. The first-order chi connectivity index (χ1) is 13.0. The molecule has 1 saturated heterocycles. The number of aromatic nitrogens is 2. The van der Waals surface area contributed by atoms with Gasteiger partial charge in [0.1, 0.15) is 5.82 Å². The molecule has 0 saturated carbocycles. The van der Waals surface area contributed by atoms with Crippen molar-refractivity contribution in [3.63, 3.8) is 0 Å². The van der Waals surface area contributed by atoms with Gasteiger partial charge in [-0.25, -0.2) is 9.97 Å². The highest BCUT2D eigenvalue weighted by Crippen LogP contribution is 2.30. The molecule has 1 N–H and O–H groups in total. The van der Waals surface area contributed by atoms with E-state index in [0.29, 0.717) is 30.1 Å². The second-order valence-corrected chi connectivity index (χ2v) is 6.88. The predicted octanol–water partition coefficient (Wildman–Crippen LogP) is 3.32. The van der Waals surface area contributed by atoms with Gasteiger partial charge in [-0.2, -0.15) is 0 Å². The molecule has 1 aromatic heterocycles. The van der Waals surface area contributed by atoms with Gasteiger partial charge in [0, 0.05) is 36.5 Å². The van der Waals surface area contributed by atoms with E-state index in [9.17, 15) is 9.59 Å². The number of carbonyl (C=O) groups is 2. The van der Waals surface area contributed by atoms with Crippen LogP contribution in [0.1, 0.15) is 47.6 Å². The number of benzene rings is 1. The topological polar surface area (TPSA) is 75.2 Å². The van der Waals surface area contributed by atoms with Crippen LogP contribution in [0.25, 0.3) is 0 Å². The highest BCUT2D eigenvalue weighted by atomic mass is 16.2. The Morgan fingerprint density at radius 1 is 1.19 bits per heavy atom. The van der Waals surface area contributed by atoms with Gasteiger partial charge in [-0.15, -0.1) is 0 Å². The number of amides is 2. The summed E-state index contributed by atoms with van der Waals surface area (Å²) < 4.78 is 0. The van der Waals surface area contributed by atoms with Crippen LogP contribution in [-0.4, -0.2) is 39.8 Å². The molecule has 0 unspecified atom stereocenters.